The number of oxazole rings is 1. The van der Waals surface area contributed by atoms with Crippen LogP contribution >= 0.6 is 0 Å². The molecule has 0 bridgehead atoms. The highest BCUT2D eigenvalue weighted by Gasteiger charge is 2.34. The van der Waals surface area contributed by atoms with E-state index in [9.17, 15) is 5.11 Å². The van der Waals surface area contributed by atoms with Gasteiger partial charge >= 0.3 is 0 Å². The van der Waals surface area contributed by atoms with Crippen molar-refractivity contribution < 1.29 is 19.4 Å². The summed E-state index contributed by atoms with van der Waals surface area (Å²) in [7, 11) is 0. The van der Waals surface area contributed by atoms with Crippen LogP contribution in [0.4, 0.5) is 0 Å². The Morgan fingerprint density at radius 1 is 1.25 bits per heavy atom. The topological polar surface area (TPSA) is 88.6 Å². The van der Waals surface area contributed by atoms with E-state index in [4.69, 9.17) is 14.3 Å². The predicted molar refractivity (Wildman–Crippen MR) is 87.3 cm³/mol. The van der Waals surface area contributed by atoms with Crippen LogP contribution < -0.4 is 0 Å². The van der Waals surface area contributed by atoms with Gasteiger partial charge < -0.3 is 19.4 Å². The molecule has 1 unspecified atom stereocenters. The van der Waals surface area contributed by atoms with E-state index >= 15 is 0 Å². The van der Waals surface area contributed by atoms with Crippen molar-refractivity contribution in [2.75, 3.05) is 6.61 Å². The summed E-state index contributed by atoms with van der Waals surface area (Å²) in [5, 5.41) is 19.0. The van der Waals surface area contributed by atoms with Crippen LogP contribution in [0.15, 0.2) is 40.9 Å². The molecule has 1 aliphatic heterocycles. The van der Waals surface area contributed by atoms with Gasteiger partial charge in [-0.25, -0.2) is 4.98 Å². The van der Waals surface area contributed by atoms with Gasteiger partial charge in [-0.15, -0.1) is 0 Å². The second-order valence-corrected chi connectivity index (χ2v) is 6.12. The minimum atomic E-state index is -0.653. The minimum Gasteiger partial charge on any atom is -0.435 e. The first-order chi connectivity index (χ1) is 11.6. The number of aliphatic hydroxyl groups excluding tert-OH is 2. The van der Waals surface area contributed by atoms with E-state index in [0.29, 0.717) is 18.0 Å². The standard InChI is InChI=1S/C18H18N2O4/c1-10-2-4-12-16(6-10)24-18(20-12)13-5-3-11(8-19-13)15-7-14(22)17(9-21)23-15/h2-6,8,14-15,17,21-22H,7,9H2,1H3/t14?,15-,17-/m1/s1. The van der Waals surface area contributed by atoms with E-state index in [2.05, 4.69) is 9.97 Å². The van der Waals surface area contributed by atoms with Crippen LogP contribution in [-0.2, 0) is 4.74 Å². The maximum atomic E-state index is 9.83. The molecule has 0 amide bonds. The maximum Gasteiger partial charge on any atom is 0.246 e. The first-order valence-electron chi connectivity index (χ1n) is 7.92. The first-order valence-corrected chi connectivity index (χ1v) is 7.92. The second-order valence-electron chi connectivity index (χ2n) is 6.12. The smallest absolute Gasteiger partial charge is 0.246 e. The summed E-state index contributed by atoms with van der Waals surface area (Å²) >= 11 is 0. The predicted octanol–water partition coefficient (Wildman–Crippen LogP) is 2.38. The lowest BCUT2D eigenvalue weighted by atomic mass is 10.1. The molecule has 1 saturated heterocycles. The molecule has 1 aliphatic rings. The number of pyridine rings is 1. The third-order valence-electron chi connectivity index (χ3n) is 4.32. The van der Waals surface area contributed by atoms with Crippen molar-refractivity contribution in [3.8, 4) is 11.6 Å². The molecule has 3 aromatic rings. The van der Waals surface area contributed by atoms with E-state index in [1.807, 2.05) is 37.3 Å². The third kappa shape index (κ3) is 2.69. The monoisotopic (exact) mass is 326 g/mol. The summed E-state index contributed by atoms with van der Waals surface area (Å²) in [6, 6.07) is 9.58. The molecule has 3 heterocycles. The molecule has 24 heavy (non-hydrogen) atoms. The van der Waals surface area contributed by atoms with Crippen molar-refractivity contribution in [1.82, 2.24) is 9.97 Å². The SMILES string of the molecule is Cc1ccc2nc(-c3ccc([C@H]4CC(O)[C@@H](CO)O4)cn3)oc2c1. The number of nitrogens with zero attached hydrogens (tertiary/aromatic N) is 2. The number of fused-ring (bicyclic) bond motifs is 1. The molecular weight excluding hydrogens is 308 g/mol. The van der Waals surface area contributed by atoms with Crippen LogP contribution in [0.5, 0.6) is 0 Å². The molecule has 4 rings (SSSR count). The number of aromatic nitrogens is 2. The summed E-state index contributed by atoms with van der Waals surface area (Å²) in [5.74, 6) is 0.475. The van der Waals surface area contributed by atoms with E-state index in [1.165, 1.54) is 0 Å². The lowest BCUT2D eigenvalue weighted by molar-refractivity contribution is -0.0226. The van der Waals surface area contributed by atoms with Gasteiger partial charge in [0.05, 0.1) is 18.8 Å². The number of aliphatic hydroxyl groups is 2. The number of benzene rings is 1. The highest BCUT2D eigenvalue weighted by molar-refractivity contribution is 5.76. The molecule has 124 valence electrons. The van der Waals surface area contributed by atoms with Crippen molar-refractivity contribution in [3.63, 3.8) is 0 Å². The zero-order valence-corrected chi connectivity index (χ0v) is 13.2. The Morgan fingerprint density at radius 2 is 2.12 bits per heavy atom. The fourth-order valence-electron chi connectivity index (χ4n) is 2.97. The van der Waals surface area contributed by atoms with Crippen molar-refractivity contribution in [3.05, 3.63) is 47.7 Å². The average Bonchev–Trinajstić information content (AvgIpc) is 3.17. The molecule has 6 nitrogen and oxygen atoms in total. The van der Waals surface area contributed by atoms with Crippen molar-refractivity contribution in [2.45, 2.75) is 31.7 Å². The summed E-state index contributed by atoms with van der Waals surface area (Å²) in [6.07, 6.45) is 0.709. The fourth-order valence-corrected chi connectivity index (χ4v) is 2.97. The molecule has 1 fully saturated rings. The Kier molecular flexibility index (Phi) is 3.80. The third-order valence-corrected chi connectivity index (χ3v) is 4.32. The largest absolute Gasteiger partial charge is 0.435 e. The van der Waals surface area contributed by atoms with Gasteiger partial charge in [0.2, 0.25) is 5.89 Å². The van der Waals surface area contributed by atoms with Crippen molar-refractivity contribution in [2.24, 2.45) is 0 Å². The summed E-state index contributed by atoms with van der Waals surface area (Å²) in [6.45, 7) is 1.82. The zero-order valence-electron chi connectivity index (χ0n) is 13.2. The van der Waals surface area contributed by atoms with Crippen molar-refractivity contribution in [1.29, 1.82) is 0 Å². The molecule has 0 spiro atoms. The Bertz CT molecular complexity index is 859. The number of ether oxygens (including phenoxy) is 1. The average molecular weight is 326 g/mol. The Labute approximate surface area is 138 Å². The van der Waals surface area contributed by atoms with Crippen LogP contribution in [0.1, 0.15) is 23.7 Å². The highest BCUT2D eigenvalue weighted by Crippen LogP contribution is 2.33. The summed E-state index contributed by atoms with van der Waals surface area (Å²) in [4.78, 5) is 8.86. The van der Waals surface area contributed by atoms with Gasteiger partial charge in [0, 0.05) is 12.6 Å². The van der Waals surface area contributed by atoms with Crippen LogP contribution in [0.25, 0.3) is 22.7 Å². The molecule has 0 saturated carbocycles. The lowest BCUT2D eigenvalue weighted by Crippen LogP contribution is -2.24. The first kappa shape index (κ1) is 15.3. The van der Waals surface area contributed by atoms with Gasteiger partial charge in [-0.3, -0.25) is 4.98 Å². The van der Waals surface area contributed by atoms with Gasteiger partial charge in [0.25, 0.3) is 0 Å². The quantitative estimate of drug-likeness (QED) is 0.768. The Morgan fingerprint density at radius 3 is 2.83 bits per heavy atom. The van der Waals surface area contributed by atoms with Gasteiger partial charge in [-0.2, -0.15) is 0 Å². The molecular formula is C18H18N2O4. The Balaban J connectivity index is 1.59. The zero-order chi connectivity index (χ0) is 16.7. The van der Waals surface area contributed by atoms with Crippen LogP contribution in [0.3, 0.4) is 0 Å². The molecule has 1 aromatic carbocycles. The van der Waals surface area contributed by atoms with Gasteiger partial charge in [0.15, 0.2) is 5.58 Å². The van der Waals surface area contributed by atoms with Crippen molar-refractivity contribution >= 4 is 11.1 Å². The molecule has 0 radical (unpaired) electrons. The Hall–Kier alpha value is -2.28. The number of hydrogen-bond donors (Lipinski definition) is 2. The molecule has 2 aromatic heterocycles. The number of hydrogen-bond acceptors (Lipinski definition) is 6. The second kappa shape index (κ2) is 5.98. The molecule has 0 aliphatic carbocycles. The van der Waals surface area contributed by atoms with E-state index in [1.54, 1.807) is 6.20 Å². The van der Waals surface area contributed by atoms with Gasteiger partial charge in [0.1, 0.15) is 17.3 Å². The molecule has 3 atom stereocenters. The highest BCUT2D eigenvalue weighted by atomic mass is 16.5. The van der Waals surface area contributed by atoms with Gasteiger partial charge in [-0.1, -0.05) is 12.1 Å². The lowest BCUT2D eigenvalue weighted by Gasteiger charge is -2.12. The van der Waals surface area contributed by atoms with E-state index in [-0.39, 0.29) is 12.7 Å². The van der Waals surface area contributed by atoms with Crippen LogP contribution in [-0.4, -0.2) is 39.0 Å². The maximum absolute atomic E-state index is 9.83. The van der Waals surface area contributed by atoms with E-state index in [0.717, 1.165) is 22.2 Å². The van der Waals surface area contributed by atoms with Crippen LogP contribution in [0, 0.1) is 6.92 Å². The van der Waals surface area contributed by atoms with Crippen LogP contribution in [0.2, 0.25) is 0 Å². The summed E-state index contributed by atoms with van der Waals surface area (Å²) in [5.41, 5.74) is 4.16. The molecule has 2 N–H and O–H groups in total. The summed E-state index contributed by atoms with van der Waals surface area (Å²) < 4.78 is 11.4. The van der Waals surface area contributed by atoms with E-state index < -0.39 is 12.2 Å². The normalized spacial score (nSPS) is 23.9. The fraction of sp³-hybridized carbons (Fsp3) is 0.333. The number of aryl methyl sites for hydroxylation is 1. The molecule has 6 heteroatoms. The minimum absolute atomic E-state index is 0.189. The number of rotatable bonds is 3. The van der Waals surface area contributed by atoms with Gasteiger partial charge in [-0.05, 0) is 36.2 Å².